The molecule has 2 aromatic carbocycles. The molecule has 0 atom stereocenters. The van der Waals surface area contributed by atoms with Crippen molar-refractivity contribution in [2.75, 3.05) is 5.73 Å². The van der Waals surface area contributed by atoms with Crippen molar-refractivity contribution in [3.05, 3.63) is 76.2 Å². The van der Waals surface area contributed by atoms with E-state index < -0.39 is 11.6 Å². The molecule has 6 heteroatoms. The molecule has 1 heterocycles. The summed E-state index contributed by atoms with van der Waals surface area (Å²) in [5, 5.41) is 0. The van der Waals surface area contributed by atoms with Gasteiger partial charge in [-0.05, 0) is 55.2 Å². The van der Waals surface area contributed by atoms with Crippen molar-refractivity contribution in [1.29, 1.82) is 0 Å². The van der Waals surface area contributed by atoms with Crippen LogP contribution >= 0.6 is 0 Å². The molecule has 4 nitrogen and oxygen atoms in total. The van der Waals surface area contributed by atoms with Gasteiger partial charge in [-0.3, -0.25) is 4.79 Å². The minimum absolute atomic E-state index is 0.0165. The molecule has 0 aliphatic heterocycles. The predicted octanol–water partition coefficient (Wildman–Crippen LogP) is 4.58. The first kappa shape index (κ1) is 17.3. The summed E-state index contributed by atoms with van der Waals surface area (Å²) in [4.78, 5) is 12.4. The van der Waals surface area contributed by atoms with Crippen LogP contribution in [0.1, 0.15) is 24.3 Å². The fourth-order valence-corrected chi connectivity index (χ4v) is 3.11. The second kappa shape index (κ2) is 6.54. The van der Waals surface area contributed by atoms with Crippen LogP contribution in [0, 0.1) is 11.6 Å². The summed E-state index contributed by atoms with van der Waals surface area (Å²) in [6.45, 7) is 0. The maximum atomic E-state index is 14.0. The molecule has 0 unspecified atom stereocenters. The predicted molar refractivity (Wildman–Crippen MR) is 99.9 cm³/mol. The summed E-state index contributed by atoms with van der Waals surface area (Å²) < 4.78 is 34.4. The molecule has 1 aliphatic rings. The van der Waals surface area contributed by atoms with Crippen LogP contribution < -0.4 is 16.0 Å². The van der Waals surface area contributed by atoms with Crippen LogP contribution in [0.5, 0.6) is 11.5 Å². The summed E-state index contributed by atoms with van der Waals surface area (Å²) in [5.74, 6) is -0.908. The summed E-state index contributed by atoms with van der Waals surface area (Å²) in [6, 6.07) is 9.98. The Labute approximate surface area is 154 Å². The average molecular weight is 368 g/mol. The summed E-state index contributed by atoms with van der Waals surface area (Å²) in [5.41, 5.74) is 8.58. The fraction of sp³-hybridized carbons (Fsp3) is 0.190. The lowest BCUT2D eigenvalue weighted by molar-refractivity contribution is 0.439. The van der Waals surface area contributed by atoms with Crippen molar-refractivity contribution >= 4 is 5.69 Å². The smallest absolute Gasteiger partial charge is 0.253 e. The molecule has 2 N–H and O–H groups in total. The number of hydrogen-bond acceptors (Lipinski definition) is 3. The molecular formula is C21H18F2N2O2. The second-order valence-corrected chi connectivity index (χ2v) is 6.81. The number of aryl methyl sites for hydroxylation is 1. The van der Waals surface area contributed by atoms with Crippen LogP contribution in [0.25, 0.3) is 11.1 Å². The van der Waals surface area contributed by atoms with Gasteiger partial charge >= 0.3 is 0 Å². The summed E-state index contributed by atoms with van der Waals surface area (Å²) in [6.07, 6.45) is 3.70. The third kappa shape index (κ3) is 3.43. The quantitative estimate of drug-likeness (QED) is 0.686. The molecule has 4 rings (SSSR count). The second-order valence-electron chi connectivity index (χ2n) is 6.81. The largest absolute Gasteiger partial charge is 0.454 e. The molecule has 1 aliphatic carbocycles. The Kier molecular flexibility index (Phi) is 4.18. The fourth-order valence-electron chi connectivity index (χ4n) is 3.11. The first-order valence-corrected chi connectivity index (χ1v) is 8.66. The highest BCUT2D eigenvalue weighted by atomic mass is 19.1. The maximum absolute atomic E-state index is 14.0. The summed E-state index contributed by atoms with van der Waals surface area (Å²) in [7, 11) is 1.70. The van der Waals surface area contributed by atoms with Gasteiger partial charge < -0.3 is 15.0 Å². The van der Waals surface area contributed by atoms with E-state index in [2.05, 4.69) is 0 Å². The average Bonchev–Trinajstić information content (AvgIpc) is 3.46. The van der Waals surface area contributed by atoms with Gasteiger partial charge in [0.25, 0.3) is 5.56 Å². The van der Waals surface area contributed by atoms with Crippen molar-refractivity contribution in [2.45, 2.75) is 18.8 Å². The Morgan fingerprint density at radius 1 is 1.07 bits per heavy atom. The van der Waals surface area contributed by atoms with Gasteiger partial charge in [-0.2, -0.15) is 0 Å². The third-order valence-electron chi connectivity index (χ3n) is 4.66. The first-order valence-electron chi connectivity index (χ1n) is 8.66. The zero-order chi connectivity index (χ0) is 19.1. The van der Waals surface area contributed by atoms with Gasteiger partial charge in [0.2, 0.25) is 0 Å². The monoisotopic (exact) mass is 368 g/mol. The van der Waals surface area contributed by atoms with E-state index in [4.69, 9.17) is 10.5 Å². The highest BCUT2D eigenvalue weighted by Crippen LogP contribution is 2.41. The van der Waals surface area contributed by atoms with Crippen LogP contribution in [0.2, 0.25) is 0 Å². The molecule has 0 radical (unpaired) electrons. The third-order valence-corrected chi connectivity index (χ3v) is 4.66. The zero-order valence-corrected chi connectivity index (χ0v) is 14.7. The lowest BCUT2D eigenvalue weighted by atomic mass is 10.0. The number of nitrogen functional groups attached to an aromatic ring is 1. The van der Waals surface area contributed by atoms with Gasteiger partial charge in [-0.15, -0.1) is 0 Å². The number of rotatable bonds is 4. The van der Waals surface area contributed by atoms with Gasteiger partial charge in [0.15, 0.2) is 11.6 Å². The number of nitrogens with zero attached hydrogens (tertiary/aromatic N) is 1. The van der Waals surface area contributed by atoms with Crippen LogP contribution in [0.4, 0.5) is 14.5 Å². The van der Waals surface area contributed by atoms with Crippen LogP contribution in [0.15, 0.2) is 53.5 Å². The standard InChI is InChI=1S/C21H18F2N2O2/c1-25-11-13(8-17(21(25)26)12-2-3-12)16-10-15(24)5-7-19(16)27-20-6-4-14(22)9-18(20)23/h4-12H,2-3,24H2,1H3. The zero-order valence-electron chi connectivity index (χ0n) is 14.7. The topological polar surface area (TPSA) is 57.2 Å². The lowest BCUT2D eigenvalue weighted by Crippen LogP contribution is -2.20. The first-order chi connectivity index (χ1) is 12.9. The normalized spacial score (nSPS) is 13.6. The number of benzene rings is 2. The van der Waals surface area contributed by atoms with Crippen LogP contribution in [-0.4, -0.2) is 4.57 Å². The van der Waals surface area contributed by atoms with E-state index in [1.165, 1.54) is 10.6 Å². The number of pyridine rings is 1. The number of nitrogens with two attached hydrogens (primary N) is 1. The number of ether oxygens (including phenoxy) is 1. The Morgan fingerprint density at radius 3 is 2.52 bits per heavy atom. The number of anilines is 1. The molecule has 138 valence electrons. The van der Waals surface area contributed by atoms with Crippen molar-refractivity contribution in [3.63, 3.8) is 0 Å². The molecule has 1 saturated carbocycles. The van der Waals surface area contributed by atoms with E-state index in [0.29, 0.717) is 17.0 Å². The molecule has 0 amide bonds. The molecule has 1 aromatic heterocycles. The van der Waals surface area contributed by atoms with Gasteiger partial charge in [-0.25, -0.2) is 8.78 Å². The van der Waals surface area contributed by atoms with E-state index >= 15 is 0 Å². The highest BCUT2D eigenvalue weighted by Gasteiger charge is 2.27. The lowest BCUT2D eigenvalue weighted by Gasteiger charge is -2.14. The highest BCUT2D eigenvalue weighted by molar-refractivity contribution is 5.74. The van der Waals surface area contributed by atoms with E-state index in [1.807, 2.05) is 6.07 Å². The molecule has 0 spiro atoms. The van der Waals surface area contributed by atoms with E-state index in [0.717, 1.165) is 36.1 Å². The van der Waals surface area contributed by atoms with Crippen LogP contribution in [0.3, 0.4) is 0 Å². The molecule has 27 heavy (non-hydrogen) atoms. The van der Waals surface area contributed by atoms with Crippen molar-refractivity contribution < 1.29 is 13.5 Å². The van der Waals surface area contributed by atoms with E-state index in [1.54, 1.807) is 31.4 Å². The molecular weight excluding hydrogens is 350 g/mol. The molecule has 3 aromatic rings. The minimum atomic E-state index is -0.795. The Hall–Kier alpha value is -3.15. The van der Waals surface area contributed by atoms with Gasteiger partial charge in [0.1, 0.15) is 11.6 Å². The van der Waals surface area contributed by atoms with Crippen molar-refractivity contribution in [2.24, 2.45) is 7.05 Å². The number of hydrogen-bond donors (Lipinski definition) is 1. The molecule has 0 saturated heterocycles. The van der Waals surface area contributed by atoms with Gasteiger partial charge in [0, 0.05) is 41.7 Å². The molecule has 0 bridgehead atoms. The Balaban J connectivity index is 1.81. The molecule has 1 fully saturated rings. The Morgan fingerprint density at radius 2 is 1.81 bits per heavy atom. The Bertz CT molecular complexity index is 1090. The SMILES string of the molecule is Cn1cc(-c2cc(N)ccc2Oc2ccc(F)cc2F)cc(C2CC2)c1=O. The number of halogens is 2. The van der Waals surface area contributed by atoms with Gasteiger partial charge in [-0.1, -0.05) is 0 Å². The number of aromatic nitrogens is 1. The minimum Gasteiger partial charge on any atom is -0.454 e. The van der Waals surface area contributed by atoms with Crippen molar-refractivity contribution in [3.8, 4) is 22.6 Å². The maximum Gasteiger partial charge on any atom is 0.253 e. The van der Waals surface area contributed by atoms with E-state index in [9.17, 15) is 13.6 Å². The van der Waals surface area contributed by atoms with Crippen LogP contribution in [-0.2, 0) is 7.05 Å². The van der Waals surface area contributed by atoms with E-state index in [-0.39, 0.29) is 17.2 Å². The summed E-state index contributed by atoms with van der Waals surface area (Å²) >= 11 is 0. The van der Waals surface area contributed by atoms with Crippen molar-refractivity contribution in [1.82, 2.24) is 4.57 Å². The van der Waals surface area contributed by atoms with Gasteiger partial charge in [0.05, 0.1) is 0 Å².